The normalized spacial score (nSPS) is 20.2. The molecular formula is C15H19F3N2O2. The van der Waals surface area contributed by atoms with Crippen LogP contribution in [0.5, 0.6) is 0 Å². The summed E-state index contributed by atoms with van der Waals surface area (Å²) < 4.78 is 42.9. The number of hydrogen-bond donors (Lipinski definition) is 0. The van der Waals surface area contributed by atoms with E-state index in [9.17, 15) is 18.0 Å². The molecule has 0 bridgehead atoms. The van der Waals surface area contributed by atoms with Crippen molar-refractivity contribution in [1.29, 1.82) is 0 Å². The Morgan fingerprint density at radius 1 is 1.27 bits per heavy atom. The first kappa shape index (κ1) is 16.8. The molecule has 0 aliphatic carbocycles. The second-order valence-electron chi connectivity index (χ2n) is 5.33. The van der Waals surface area contributed by atoms with E-state index in [2.05, 4.69) is 0 Å². The van der Waals surface area contributed by atoms with E-state index in [-0.39, 0.29) is 13.2 Å². The lowest BCUT2D eigenvalue weighted by atomic mass is 10.1. The molecule has 1 atom stereocenters. The maximum atomic E-state index is 12.6. The van der Waals surface area contributed by atoms with Crippen molar-refractivity contribution in [3.63, 3.8) is 0 Å². The van der Waals surface area contributed by atoms with Crippen molar-refractivity contribution in [2.45, 2.75) is 18.8 Å². The molecule has 2 rings (SSSR count). The average molecular weight is 316 g/mol. The molecule has 22 heavy (non-hydrogen) atoms. The van der Waals surface area contributed by atoms with Crippen LogP contribution in [0.15, 0.2) is 30.3 Å². The fraction of sp³-hybridized carbons (Fsp3) is 0.533. The lowest BCUT2D eigenvalue weighted by Gasteiger charge is -2.41. The van der Waals surface area contributed by atoms with Gasteiger partial charge >= 0.3 is 12.1 Å². The van der Waals surface area contributed by atoms with Crippen LogP contribution in [0, 0.1) is 0 Å². The van der Waals surface area contributed by atoms with Crippen LogP contribution in [0.3, 0.4) is 0 Å². The fourth-order valence-electron chi connectivity index (χ4n) is 2.67. The van der Waals surface area contributed by atoms with E-state index in [0.717, 1.165) is 10.5 Å². The summed E-state index contributed by atoms with van der Waals surface area (Å²) in [5.74, 6) is -1.78. The van der Waals surface area contributed by atoms with Crippen molar-refractivity contribution in [1.82, 2.24) is 9.80 Å². The van der Waals surface area contributed by atoms with Crippen molar-refractivity contribution < 1.29 is 22.7 Å². The minimum atomic E-state index is -4.84. The number of alkyl halides is 3. The largest absolute Gasteiger partial charge is 0.471 e. The molecule has 1 aliphatic rings. The number of piperazine rings is 1. The van der Waals surface area contributed by atoms with E-state index in [4.69, 9.17) is 4.74 Å². The number of benzene rings is 1. The fourth-order valence-corrected chi connectivity index (χ4v) is 2.67. The summed E-state index contributed by atoms with van der Waals surface area (Å²) in [7, 11) is 1.42. The molecule has 1 aliphatic heterocycles. The molecule has 0 aromatic heterocycles. The lowest BCUT2D eigenvalue weighted by Crippen LogP contribution is -2.59. The first-order valence-corrected chi connectivity index (χ1v) is 7.05. The Kier molecular flexibility index (Phi) is 5.42. The zero-order valence-electron chi connectivity index (χ0n) is 12.3. The molecule has 1 aromatic rings. The van der Waals surface area contributed by atoms with Gasteiger partial charge in [-0.1, -0.05) is 30.3 Å². The Hall–Kier alpha value is -1.60. The van der Waals surface area contributed by atoms with Gasteiger partial charge in [-0.15, -0.1) is 0 Å². The maximum Gasteiger partial charge on any atom is 0.471 e. The van der Waals surface area contributed by atoms with Crippen LogP contribution in [-0.2, 0) is 16.1 Å². The van der Waals surface area contributed by atoms with Crippen molar-refractivity contribution in [2.75, 3.05) is 33.4 Å². The minimum absolute atomic E-state index is 0.0548. The molecule has 1 fully saturated rings. The first-order valence-electron chi connectivity index (χ1n) is 7.05. The van der Waals surface area contributed by atoms with Crippen molar-refractivity contribution in [3.8, 4) is 0 Å². The molecule has 1 aromatic carbocycles. The van der Waals surface area contributed by atoms with Crippen LogP contribution in [0.4, 0.5) is 13.2 Å². The summed E-state index contributed by atoms with van der Waals surface area (Å²) in [6.07, 6.45) is -4.84. The lowest BCUT2D eigenvalue weighted by molar-refractivity contribution is -0.191. The van der Waals surface area contributed by atoms with Gasteiger partial charge in [-0.3, -0.25) is 9.69 Å². The summed E-state index contributed by atoms with van der Waals surface area (Å²) in [6, 6.07) is 9.11. The van der Waals surface area contributed by atoms with Crippen LogP contribution < -0.4 is 0 Å². The van der Waals surface area contributed by atoms with Crippen LogP contribution in [-0.4, -0.2) is 61.3 Å². The number of rotatable bonds is 4. The van der Waals surface area contributed by atoms with E-state index in [1.54, 1.807) is 0 Å². The second-order valence-corrected chi connectivity index (χ2v) is 5.33. The number of carbonyl (C=O) groups is 1. The molecule has 0 spiro atoms. The molecule has 0 radical (unpaired) electrons. The van der Waals surface area contributed by atoms with E-state index in [1.165, 1.54) is 7.11 Å². The number of halogens is 3. The predicted molar refractivity (Wildman–Crippen MR) is 75.2 cm³/mol. The number of ether oxygens (including phenoxy) is 1. The standard InChI is InChI=1S/C15H19F3N2O2/c1-22-11-13-10-19(9-12-5-3-2-4-6-12)7-8-20(13)14(21)15(16,17)18/h2-6,13H,7-11H2,1H3. The molecule has 122 valence electrons. The van der Waals surface area contributed by atoms with Crippen molar-refractivity contribution in [2.24, 2.45) is 0 Å². The van der Waals surface area contributed by atoms with Crippen LogP contribution in [0.1, 0.15) is 5.56 Å². The summed E-state index contributed by atoms with van der Waals surface area (Å²) in [5.41, 5.74) is 1.09. The van der Waals surface area contributed by atoms with Gasteiger partial charge in [0.2, 0.25) is 0 Å². The third-order valence-corrected chi connectivity index (χ3v) is 3.68. The third kappa shape index (κ3) is 4.20. The highest BCUT2D eigenvalue weighted by Crippen LogP contribution is 2.23. The highest BCUT2D eigenvalue weighted by molar-refractivity contribution is 5.82. The van der Waals surface area contributed by atoms with Gasteiger partial charge in [-0.25, -0.2) is 0 Å². The Balaban J connectivity index is 2.03. The van der Waals surface area contributed by atoms with Gasteiger partial charge in [-0.2, -0.15) is 13.2 Å². The molecule has 7 heteroatoms. The molecule has 1 amide bonds. The summed E-state index contributed by atoms with van der Waals surface area (Å²) in [6.45, 7) is 1.57. The Morgan fingerprint density at radius 3 is 2.55 bits per heavy atom. The molecule has 1 unspecified atom stereocenters. The van der Waals surface area contributed by atoms with Crippen LogP contribution in [0.25, 0.3) is 0 Å². The number of carbonyl (C=O) groups excluding carboxylic acids is 1. The van der Waals surface area contributed by atoms with Gasteiger partial charge in [0.25, 0.3) is 0 Å². The van der Waals surface area contributed by atoms with Crippen molar-refractivity contribution in [3.05, 3.63) is 35.9 Å². The van der Waals surface area contributed by atoms with Gasteiger partial charge < -0.3 is 9.64 Å². The van der Waals surface area contributed by atoms with Gasteiger partial charge in [0, 0.05) is 33.3 Å². The highest BCUT2D eigenvalue weighted by atomic mass is 19.4. The van der Waals surface area contributed by atoms with E-state index < -0.39 is 18.1 Å². The zero-order chi connectivity index (χ0) is 16.2. The molecule has 4 nitrogen and oxygen atoms in total. The Morgan fingerprint density at radius 2 is 1.95 bits per heavy atom. The SMILES string of the molecule is COCC1CN(Cc2ccccc2)CCN1C(=O)C(F)(F)F. The topological polar surface area (TPSA) is 32.8 Å². The second kappa shape index (κ2) is 7.11. The average Bonchev–Trinajstić information content (AvgIpc) is 2.47. The smallest absolute Gasteiger partial charge is 0.382 e. The van der Waals surface area contributed by atoms with Gasteiger partial charge in [-0.05, 0) is 5.56 Å². The van der Waals surface area contributed by atoms with Crippen LogP contribution in [0.2, 0.25) is 0 Å². The van der Waals surface area contributed by atoms with Gasteiger partial charge in [0.15, 0.2) is 0 Å². The van der Waals surface area contributed by atoms with Gasteiger partial charge in [0.1, 0.15) is 0 Å². The van der Waals surface area contributed by atoms with E-state index in [1.807, 2.05) is 35.2 Å². The van der Waals surface area contributed by atoms with E-state index in [0.29, 0.717) is 19.6 Å². The van der Waals surface area contributed by atoms with E-state index >= 15 is 0 Å². The number of methoxy groups -OCH3 is 1. The first-order chi connectivity index (χ1) is 10.4. The minimum Gasteiger partial charge on any atom is -0.382 e. The maximum absolute atomic E-state index is 12.6. The van der Waals surface area contributed by atoms with Crippen molar-refractivity contribution >= 4 is 5.91 Å². The summed E-state index contributed by atoms with van der Waals surface area (Å²) in [4.78, 5) is 14.4. The Bertz CT molecular complexity index is 493. The zero-order valence-corrected chi connectivity index (χ0v) is 12.3. The number of hydrogen-bond acceptors (Lipinski definition) is 3. The summed E-state index contributed by atoms with van der Waals surface area (Å²) >= 11 is 0. The third-order valence-electron chi connectivity index (χ3n) is 3.68. The number of amides is 1. The van der Waals surface area contributed by atoms with Gasteiger partial charge in [0.05, 0.1) is 12.6 Å². The quantitative estimate of drug-likeness (QED) is 0.851. The highest BCUT2D eigenvalue weighted by Gasteiger charge is 2.45. The predicted octanol–water partition coefficient (Wildman–Crippen LogP) is 1.91. The molecule has 1 saturated heterocycles. The monoisotopic (exact) mass is 316 g/mol. The molecular weight excluding hydrogens is 297 g/mol. The Labute approximate surface area is 127 Å². The summed E-state index contributed by atoms with van der Waals surface area (Å²) in [5, 5.41) is 0. The van der Waals surface area contributed by atoms with Crippen LogP contribution >= 0.6 is 0 Å². The molecule has 0 saturated carbocycles. The number of nitrogens with zero attached hydrogens (tertiary/aromatic N) is 2. The molecule has 0 N–H and O–H groups in total. The molecule has 1 heterocycles.